The molecule has 5 nitrogen and oxygen atoms in total. The molecular weight excluding hydrogens is 350 g/mol. The van der Waals surface area contributed by atoms with E-state index in [2.05, 4.69) is 67.1 Å². The van der Waals surface area contributed by atoms with Crippen molar-refractivity contribution in [3.8, 4) is 11.4 Å². The van der Waals surface area contributed by atoms with Gasteiger partial charge in [0.15, 0.2) is 0 Å². The Hall–Kier alpha value is -3.34. The Labute approximate surface area is 165 Å². The van der Waals surface area contributed by atoms with Crippen LogP contribution in [0.5, 0.6) is 5.75 Å². The topological polar surface area (TPSA) is 55.6 Å². The fourth-order valence-corrected chi connectivity index (χ4v) is 3.41. The molecule has 0 fully saturated rings. The van der Waals surface area contributed by atoms with Crippen LogP contribution in [-0.4, -0.2) is 23.8 Å². The number of aromatic nitrogens is 1. The third kappa shape index (κ3) is 3.83. The normalized spacial score (nSPS) is 11.0. The van der Waals surface area contributed by atoms with Gasteiger partial charge in [0.25, 0.3) is 5.91 Å². The molecule has 0 saturated heterocycles. The number of nitrogens with one attached hydrogen (secondary N) is 1. The van der Waals surface area contributed by atoms with E-state index in [0.29, 0.717) is 11.3 Å². The third-order valence-corrected chi connectivity index (χ3v) is 4.84. The predicted octanol–water partition coefficient (Wildman–Crippen LogP) is 4.48. The van der Waals surface area contributed by atoms with E-state index in [9.17, 15) is 4.79 Å². The van der Waals surface area contributed by atoms with Crippen LogP contribution >= 0.6 is 0 Å². The van der Waals surface area contributed by atoms with Crippen molar-refractivity contribution in [2.24, 2.45) is 5.10 Å². The number of hydrogen-bond acceptors (Lipinski definition) is 3. The summed E-state index contributed by atoms with van der Waals surface area (Å²) in [5.41, 5.74) is 9.87. The largest absolute Gasteiger partial charge is 0.497 e. The molecular formula is C23H25N3O2. The summed E-state index contributed by atoms with van der Waals surface area (Å²) in [4.78, 5) is 12.3. The van der Waals surface area contributed by atoms with Gasteiger partial charge < -0.3 is 9.30 Å². The van der Waals surface area contributed by atoms with Gasteiger partial charge in [-0.05, 0) is 63.1 Å². The number of carbonyl (C=O) groups is 1. The quantitative estimate of drug-likeness (QED) is 0.528. The van der Waals surface area contributed by atoms with Crippen LogP contribution in [0.15, 0.2) is 53.6 Å². The van der Waals surface area contributed by atoms with Gasteiger partial charge in [-0.1, -0.05) is 24.3 Å². The number of benzene rings is 2. The fraction of sp³-hybridized carbons (Fsp3) is 0.217. The van der Waals surface area contributed by atoms with Gasteiger partial charge in [-0.25, -0.2) is 5.43 Å². The lowest BCUT2D eigenvalue weighted by Gasteiger charge is -2.15. The zero-order valence-electron chi connectivity index (χ0n) is 16.9. The molecule has 0 radical (unpaired) electrons. The van der Waals surface area contributed by atoms with E-state index in [1.165, 1.54) is 16.8 Å². The zero-order chi connectivity index (χ0) is 20.3. The summed E-state index contributed by atoms with van der Waals surface area (Å²) in [5.74, 6) is 0.354. The third-order valence-electron chi connectivity index (χ3n) is 4.84. The SMILES string of the molecule is COc1cccc(C(=O)N/N=C\c2cc(C)n(-c3c(C)cccc3C)c2C)c1. The highest BCUT2D eigenvalue weighted by molar-refractivity contribution is 5.95. The molecule has 1 aromatic heterocycles. The van der Waals surface area contributed by atoms with Gasteiger partial charge >= 0.3 is 0 Å². The van der Waals surface area contributed by atoms with Gasteiger partial charge in [0, 0.05) is 22.5 Å². The molecule has 0 spiro atoms. The smallest absolute Gasteiger partial charge is 0.271 e. The van der Waals surface area contributed by atoms with E-state index >= 15 is 0 Å². The van der Waals surface area contributed by atoms with Crippen molar-refractivity contribution in [1.29, 1.82) is 0 Å². The monoisotopic (exact) mass is 375 g/mol. The van der Waals surface area contributed by atoms with Crippen molar-refractivity contribution in [2.45, 2.75) is 27.7 Å². The summed E-state index contributed by atoms with van der Waals surface area (Å²) in [6, 6.07) is 15.3. The Bertz CT molecular complexity index is 1030. The molecule has 0 aliphatic heterocycles. The van der Waals surface area contributed by atoms with Crippen LogP contribution in [0.2, 0.25) is 0 Å². The van der Waals surface area contributed by atoms with E-state index in [1.54, 1.807) is 37.6 Å². The van der Waals surface area contributed by atoms with E-state index in [1.807, 2.05) is 0 Å². The minimum absolute atomic E-state index is 0.279. The van der Waals surface area contributed by atoms with E-state index in [4.69, 9.17) is 4.74 Å². The maximum absolute atomic E-state index is 12.3. The molecule has 0 unspecified atom stereocenters. The maximum Gasteiger partial charge on any atom is 0.271 e. The summed E-state index contributed by atoms with van der Waals surface area (Å²) in [5, 5.41) is 4.15. The number of rotatable bonds is 5. The highest BCUT2D eigenvalue weighted by atomic mass is 16.5. The molecule has 0 saturated carbocycles. The van der Waals surface area contributed by atoms with Crippen LogP contribution in [-0.2, 0) is 0 Å². The van der Waals surface area contributed by atoms with Gasteiger partial charge in [0.1, 0.15) is 5.75 Å². The molecule has 0 aliphatic carbocycles. The van der Waals surface area contributed by atoms with Gasteiger partial charge in [0.2, 0.25) is 0 Å². The standard InChI is InChI=1S/C23H25N3O2/c1-15-8-6-9-16(2)22(15)26-17(3)12-20(18(26)4)14-24-25-23(27)19-10-7-11-21(13-19)28-5/h6-14H,1-5H3,(H,25,27)/b24-14-. The van der Waals surface area contributed by atoms with Crippen LogP contribution in [0.25, 0.3) is 5.69 Å². The minimum Gasteiger partial charge on any atom is -0.497 e. The number of methoxy groups -OCH3 is 1. The Kier molecular flexibility index (Phi) is 5.64. The lowest BCUT2D eigenvalue weighted by atomic mass is 10.1. The first-order valence-corrected chi connectivity index (χ1v) is 9.15. The Morgan fingerprint density at radius 2 is 1.71 bits per heavy atom. The Balaban J connectivity index is 1.83. The molecule has 144 valence electrons. The lowest BCUT2D eigenvalue weighted by Crippen LogP contribution is -2.17. The highest BCUT2D eigenvalue weighted by Crippen LogP contribution is 2.25. The van der Waals surface area contributed by atoms with Crippen LogP contribution in [0, 0.1) is 27.7 Å². The van der Waals surface area contributed by atoms with Crippen LogP contribution in [0.3, 0.4) is 0 Å². The van der Waals surface area contributed by atoms with Crippen molar-refractivity contribution >= 4 is 12.1 Å². The van der Waals surface area contributed by atoms with E-state index in [-0.39, 0.29) is 5.91 Å². The van der Waals surface area contributed by atoms with Crippen LogP contribution in [0.1, 0.15) is 38.4 Å². The molecule has 1 amide bonds. The number of carbonyl (C=O) groups excluding carboxylic acids is 1. The molecule has 3 aromatic rings. The van der Waals surface area contributed by atoms with Gasteiger partial charge in [-0.15, -0.1) is 0 Å². The average Bonchev–Trinajstić information content (AvgIpc) is 2.96. The van der Waals surface area contributed by atoms with Gasteiger partial charge in [0.05, 0.1) is 19.0 Å². The van der Waals surface area contributed by atoms with E-state index in [0.717, 1.165) is 17.0 Å². The second-order valence-electron chi connectivity index (χ2n) is 6.83. The highest BCUT2D eigenvalue weighted by Gasteiger charge is 2.13. The first-order valence-electron chi connectivity index (χ1n) is 9.15. The number of para-hydroxylation sites is 1. The number of aryl methyl sites for hydroxylation is 3. The fourth-order valence-electron chi connectivity index (χ4n) is 3.41. The zero-order valence-corrected chi connectivity index (χ0v) is 16.9. The van der Waals surface area contributed by atoms with Crippen molar-refractivity contribution in [3.05, 3.63) is 82.2 Å². The van der Waals surface area contributed by atoms with Crippen molar-refractivity contribution in [3.63, 3.8) is 0 Å². The summed E-state index contributed by atoms with van der Waals surface area (Å²) in [6.07, 6.45) is 1.69. The lowest BCUT2D eigenvalue weighted by molar-refractivity contribution is 0.0955. The number of amides is 1. The minimum atomic E-state index is -0.279. The molecule has 0 atom stereocenters. The van der Waals surface area contributed by atoms with E-state index < -0.39 is 0 Å². The number of hydrazone groups is 1. The van der Waals surface area contributed by atoms with Crippen LogP contribution < -0.4 is 10.2 Å². The van der Waals surface area contributed by atoms with Crippen LogP contribution in [0.4, 0.5) is 0 Å². The summed E-state index contributed by atoms with van der Waals surface area (Å²) in [7, 11) is 1.57. The molecule has 1 heterocycles. The first-order chi connectivity index (χ1) is 13.4. The molecule has 3 rings (SSSR count). The maximum atomic E-state index is 12.3. The second kappa shape index (κ2) is 8.13. The average molecular weight is 375 g/mol. The summed E-state index contributed by atoms with van der Waals surface area (Å²) >= 11 is 0. The molecule has 2 aromatic carbocycles. The van der Waals surface area contributed by atoms with Crippen molar-refractivity contribution in [2.75, 3.05) is 7.11 Å². The molecule has 28 heavy (non-hydrogen) atoms. The first kappa shape index (κ1) is 19.4. The van der Waals surface area contributed by atoms with Crippen molar-refractivity contribution < 1.29 is 9.53 Å². The van der Waals surface area contributed by atoms with Gasteiger partial charge in [-0.2, -0.15) is 5.10 Å². The molecule has 0 aliphatic rings. The predicted molar refractivity (Wildman–Crippen MR) is 113 cm³/mol. The second-order valence-corrected chi connectivity index (χ2v) is 6.83. The molecule has 5 heteroatoms. The molecule has 1 N–H and O–H groups in total. The Morgan fingerprint density at radius 1 is 1.04 bits per heavy atom. The number of ether oxygens (including phenoxy) is 1. The summed E-state index contributed by atoms with van der Waals surface area (Å²) in [6.45, 7) is 8.36. The number of nitrogens with zero attached hydrogens (tertiary/aromatic N) is 2. The van der Waals surface area contributed by atoms with Crippen molar-refractivity contribution in [1.82, 2.24) is 9.99 Å². The van der Waals surface area contributed by atoms with Gasteiger partial charge in [-0.3, -0.25) is 4.79 Å². The summed E-state index contributed by atoms with van der Waals surface area (Å²) < 4.78 is 7.38. The number of hydrogen-bond donors (Lipinski definition) is 1. The Morgan fingerprint density at radius 3 is 2.39 bits per heavy atom. The molecule has 0 bridgehead atoms.